The van der Waals surface area contributed by atoms with Gasteiger partial charge in [-0.2, -0.15) is 0 Å². The molecule has 2 N–H and O–H groups in total. The molecule has 0 aromatic heterocycles. The number of anilines is 2. The topological polar surface area (TPSA) is 29.3 Å². The fourth-order valence-electron chi connectivity index (χ4n) is 1.57. The summed E-state index contributed by atoms with van der Waals surface area (Å²) in [5, 5.41) is 0. The first-order chi connectivity index (χ1) is 7.04. The average molecular weight is 318 g/mol. The second-order valence-electron chi connectivity index (χ2n) is 4.10. The van der Waals surface area contributed by atoms with Crippen molar-refractivity contribution in [3.63, 3.8) is 0 Å². The lowest BCUT2D eigenvalue weighted by Crippen LogP contribution is -2.24. The second-order valence-corrected chi connectivity index (χ2v) is 5.34. The highest BCUT2D eigenvalue weighted by Crippen LogP contribution is 2.24. The van der Waals surface area contributed by atoms with E-state index >= 15 is 0 Å². The molecule has 0 fully saturated rings. The van der Waals surface area contributed by atoms with Crippen LogP contribution in [0.1, 0.15) is 20.3 Å². The van der Waals surface area contributed by atoms with E-state index in [-0.39, 0.29) is 0 Å². The Balaban J connectivity index is 2.77. The molecule has 0 saturated carbocycles. The first-order valence-corrected chi connectivity index (χ1v) is 6.38. The van der Waals surface area contributed by atoms with Crippen molar-refractivity contribution >= 4 is 34.0 Å². The van der Waals surface area contributed by atoms with Gasteiger partial charge in [0.15, 0.2) is 0 Å². The highest BCUT2D eigenvalue weighted by Gasteiger charge is 2.08. The van der Waals surface area contributed by atoms with E-state index in [1.807, 2.05) is 6.07 Å². The summed E-state index contributed by atoms with van der Waals surface area (Å²) in [6.07, 6.45) is 1.20. The molecule has 0 aliphatic heterocycles. The molecule has 2 nitrogen and oxygen atoms in total. The molecule has 1 atom stereocenters. The maximum atomic E-state index is 5.99. The van der Waals surface area contributed by atoms with Gasteiger partial charge in [-0.05, 0) is 46.7 Å². The quantitative estimate of drug-likeness (QED) is 0.681. The summed E-state index contributed by atoms with van der Waals surface area (Å²) in [6, 6.07) is 6.21. The third kappa shape index (κ3) is 3.55. The normalized spacial score (nSPS) is 12.5. The molecule has 0 aliphatic rings. The van der Waals surface area contributed by atoms with Crippen molar-refractivity contribution in [3.05, 3.63) is 21.8 Å². The lowest BCUT2D eigenvalue weighted by molar-refractivity contribution is 0.560. The van der Waals surface area contributed by atoms with E-state index in [1.165, 1.54) is 9.99 Å². The molecule has 0 amide bonds. The third-order valence-corrected chi connectivity index (χ3v) is 3.35. The Morgan fingerprint density at radius 3 is 2.67 bits per heavy atom. The zero-order chi connectivity index (χ0) is 11.4. The summed E-state index contributed by atoms with van der Waals surface area (Å²) in [4.78, 5) is 2.24. The predicted octanol–water partition coefficient (Wildman–Crippen LogP) is 3.36. The van der Waals surface area contributed by atoms with Crippen LogP contribution >= 0.6 is 22.6 Å². The number of hydrogen-bond acceptors (Lipinski definition) is 2. The minimum atomic E-state index is 0.702. The van der Waals surface area contributed by atoms with Crippen LogP contribution in [-0.2, 0) is 0 Å². The average Bonchev–Trinajstić information content (AvgIpc) is 2.17. The van der Waals surface area contributed by atoms with Gasteiger partial charge in [0.25, 0.3) is 0 Å². The van der Waals surface area contributed by atoms with Crippen LogP contribution < -0.4 is 10.6 Å². The predicted molar refractivity (Wildman–Crippen MR) is 76.3 cm³/mol. The van der Waals surface area contributed by atoms with Crippen molar-refractivity contribution in [2.75, 3.05) is 24.2 Å². The molecule has 1 rings (SSSR count). The van der Waals surface area contributed by atoms with E-state index in [2.05, 4.69) is 60.5 Å². The lowest BCUT2D eigenvalue weighted by Gasteiger charge is -2.24. The fraction of sp³-hybridized carbons (Fsp3) is 0.500. The standard InChI is InChI=1S/C12H19IN2/c1-4-9(2)8-15(3)12-6-5-10(13)7-11(12)14/h5-7,9H,4,8,14H2,1-3H3. The van der Waals surface area contributed by atoms with Gasteiger partial charge < -0.3 is 10.6 Å². The van der Waals surface area contributed by atoms with Crippen LogP contribution in [0.15, 0.2) is 18.2 Å². The second kappa shape index (κ2) is 5.58. The number of halogens is 1. The van der Waals surface area contributed by atoms with Gasteiger partial charge in [0.1, 0.15) is 0 Å². The fourth-order valence-corrected chi connectivity index (χ4v) is 2.08. The van der Waals surface area contributed by atoms with Gasteiger partial charge in [0.05, 0.1) is 11.4 Å². The van der Waals surface area contributed by atoms with E-state index < -0.39 is 0 Å². The van der Waals surface area contributed by atoms with E-state index in [1.54, 1.807) is 0 Å². The van der Waals surface area contributed by atoms with Gasteiger partial charge >= 0.3 is 0 Å². The minimum Gasteiger partial charge on any atom is -0.397 e. The molecule has 0 bridgehead atoms. The Hall–Kier alpha value is -0.450. The zero-order valence-corrected chi connectivity index (χ0v) is 11.8. The molecule has 0 spiro atoms. The molecule has 0 radical (unpaired) electrons. The van der Waals surface area contributed by atoms with Crippen LogP contribution in [0.5, 0.6) is 0 Å². The molecule has 0 heterocycles. The molecular weight excluding hydrogens is 299 g/mol. The molecule has 15 heavy (non-hydrogen) atoms. The summed E-state index contributed by atoms with van der Waals surface area (Å²) < 4.78 is 1.19. The van der Waals surface area contributed by atoms with E-state index in [4.69, 9.17) is 5.73 Å². The van der Waals surface area contributed by atoms with Crippen LogP contribution in [0, 0.1) is 9.49 Å². The van der Waals surface area contributed by atoms with Crippen molar-refractivity contribution in [1.29, 1.82) is 0 Å². The number of rotatable bonds is 4. The maximum Gasteiger partial charge on any atom is 0.0598 e. The molecule has 0 saturated heterocycles. The summed E-state index contributed by atoms with van der Waals surface area (Å²) in [6.45, 7) is 5.54. The van der Waals surface area contributed by atoms with Crippen LogP contribution in [0.3, 0.4) is 0 Å². The number of nitrogens with zero attached hydrogens (tertiary/aromatic N) is 1. The van der Waals surface area contributed by atoms with Crippen molar-refractivity contribution in [2.24, 2.45) is 5.92 Å². The Kier molecular flexibility index (Phi) is 4.70. The molecule has 0 aliphatic carbocycles. The van der Waals surface area contributed by atoms with Gasteiger partial charge in [-0.25, -0.2) is 0 Å². The molecule has 84 valence electrons. The monoisotopic (exact) mass is 318 g/mol. The number of hydrogen-bond donors (Lipinski definition) is 1. The maximum absolute atomic E-state index is 5.99. The molecule has 1 unspecified atom stereocenters. The Morgan fingerprint density at radius 1 is 1.47 bits per heavy atom. The summed E-state index contributed by atoms with van der Waals surface area (Å²) in [5.74, 6) is 0.702. The Bertz CT molecular complexity index is 325. The van der Waals surface area contributed by atoms with Crippen molar-refractivity contribution in [3.8, 4) is 0 Å². The number of nitrogen functional groups attached to an aromatic ring is 1. The summed E-state index contributed by atoms with van der Waals surface area (Å²) in [7, 11) is 2.10. The third-order valence-electron chi connectivity index (χ3n) is 2.68. The highest BCUT2D eigenvalue weighted by molar-refractivity contribution is 14.1. The molecular formula is C12H19IN2. The van der Waals surface area contributed by atoms with E-state index in [0.29, 0.717) is 5.92 Å². The van der Waals surface area contributed by atoms with Crippen molar-refractivity contribution in [1.82, 2.24) is 0 Å². The van der Waals surface area contributed by atoms with Crippen molar-refractivity contribution in [2.45, 2.75) is 20.3 Å². The van der Waals surface area contributed by atoms with Gasteiger partial charge in [-0.1, -0.05) is 20.3 Å². The van der Waals surface area contributed by atoms with E-state index in [9.17, 15) is 0 Å². The van der Waals surface area contributed by atoms with Crippen molar-refractivity contribution < 1.29 is 0 Å². The van der Waals surface area contributed by atoms with Crippen LogP contribution in [0.25, 0.3) is 0 Å². The molecule has 1 aromatic rings. The lowest BCUT2D eigenvalue weighted by atomic mass is 10.1. The summed E-state index contributed by atoms with van der Waals surface area (Å²) in [5.41, 5.74) is 8.00. The van der Waals surface area contributed by atoms with Gasteiger partial charge in [-0.15, -0.1) is 0 Å². The van der Waals surface area contributed by atoms with Crippen LogP contribution in [-0.4, -0.2) is 13.6 Å². The summed E-state index contributed by atoms with van der Waals surface area (Å²) >= 11 is 2.28. The first-order valence-electron chi connectivity index (χ1n) is 5.30. The first kappa shape index (κ1) is 12.6. The van der Waals surface area contributed by atoms with Gasteiger partial charge in [-0.3, -0.25) is 0 Å². The molecule has 1 aromatic carbocycles. The SMILES string of the molecule is CCC(C)CN(C)c1ccc(I)cc1N. The number of benzene rings is 1. The van der Waals surface area contributed by atoms with Crippen LogP contribution in [0.4, 0.5) is 11.4 Å². The number of nitrogens with two attached hydrogens (primary N) is 1. The van der Waals surface area contributed by atoms with Gasteiger partial charge in [0, 0.05) is 17.2 Å². The largest absolute Gasteiger partial charge is 0.397 e. The smallest absolute Gasteiger partial charge is 0.0598 e. The van der Waals surface area contributed by atoms with Crippen LogP contribution in [0.2, 0.25) is 0 Å². The Morgan fingerprint density at radius 2 is 2.13 bits per heavy atom. The van der Waals surface area contributed by atoms with Gasteiger partial charge in [0.2, 0.25) is 0 Å². The molecule has 3 heteroatoms. The van der Waals surface area contributed by atoms with E-state index in [0.717, 1.165) is 17.9 Å². The minimum absolute atomic E-state index is 0.702. The highest BCUT2D eigenvalue weighted by atomic mass is 127. The zero-order valence-electron chi connectivity index (χ0n) is 9.63. The Labute approximate surface area is 106 Å².